The molecule has 1 N–H and O–H groups in total. The Labute approximate surface area is 130 Å². The largest absolute Gasteiger partial charge is 0.309 e. The Morgan fingerprint density at radius 2 is 1.57 bits per heavy atom. The summed E-state index contributed by atoms with van der Waals surface area (Å²) < 4.78 is 0. The van der Waals surface area contributed by atoms with Crippen molar-refractivity contribution in [3.8, 4) is 0 Å². The topological polar surface area (TPSA) is 15.3 Å². The van der Waals surface area contributed by atoms with Crippen molar-refractivity contribution in [3.63, 3.8) is 0 Å². The van der Waals surface area contributed by atoms with Gasteiger partial charge in [0.2, 0.25) is 0 Å². The molecule has 0 aromatic heterocycles. The highest BCUT2D eigenvalue weighted by Gasteiger charge is 2.19. The summed E-state index contributed by atoms with van der Waals surface area (Å²) in [5.74, 6) is 0. The summed E-state index contributed by atoms with van der Waals surface area (Å²) in [5.41, 5.74) is 5.77. The fraction of sp³-hybridized carbons (Fsp3) is 0.684. The van der Waals surface area contributed by atoms with Gasteiger partial charge in [0.25, 0.3) is 0 Å². The molecule has 0 amide bonds. The normalized spacial score (nSPS) is 18.5. The van der Waals surface area contributed by atoms with Crippen LogP contribution in [0.1, 0.15) is 60.9 Å². The standard InChI is InChI=1S/C19H32N2/c1-5-20-18(14-21-10-8-6-7-9-11-21)19-16(3)12-15(2)13-17(19)4/h12-13,18,20H,5-11,14H2,1-4H3. The third kappa shape index (κ3) is 4.55. The average molecular weight is 288 g/mol. The monoisotopic (exact) mass is 288 g/mol. The molecule has 2 nitrogen and oxygen atoms in total. The van der Waals surface area contributed by atoms with Crippen molar-refractivity contribution in [2.45, 2.75) is 59.4 Å². The van der Waals surface area contributed by atoms with E-state index in [9.17, 15) is 0 Å². The molecule has 0 saturated carbocycles. The number of benzene rings is 1. The van der Waals surface area contributed by atoms with Crippen LogP contribution in [0.4, 0.5) is 0 Å². The molecule has 1 unspecified atom stereocenters. The van der Waals surface area contributed by atoms with Gasteiger partial charge in [0.05, 0.1) is 0 Å². The number of likely N-dealkylation sites (N-methyl/N-ethyl adjacent to an activating group) is 1. The molecule has 21 heavy (non-hydrogen) atoms. The van der Waals surface area contributed by atoms with Crippen LogP contribution < -0.4 is 5.32 Å². The van der Waals surface area contributed by atoms with Crippen molar-refractivity contribution >= 4 is 0 Å². The first-order chi connectivity index (χ1) is 10.1. The third-order valence-corrected chi connectivity index (χ3v) is 4.68. The number of likely N-dealkylation sites (tertiary alicyclic amines) is 1. The number of hydrogen-bond acceptors (Lipinski definition) is 2. The smallest absolute Gasteiger partial charge is 0.0454 e. The zero-order valence-corrected chi connectivity index (χ0v) is 14.3. The van der Waals surface area contributed by atoms with Gasteiger partial charge in [-0.1, -0.05) is 37.5 Å². The molecule has 2 rings (SSSR count). The van der Waals surface area contributed by atoms with Crippen molar-refractivity contribution in [1.29, 1.82) is 0 Å². The third-order valence-electron chi connectivity index (χ3n) is 4.68. The maximum atomic E-state index is 3.73. The van der Waals surface area contributed by atoms with Gasteiger partial charge in [-0.05, 0) is 69.9 Å². The maximum Gasteiger partial charge on any atom is 0.0454 e. The Morgan fingerprint density at radius 3 is 2.10 bits per heavy atom. The summed E-state index contributed by atoms with van der Waals surface area (Å²) in [5, 5.41) is 3.73. The first-order valence-corrected chi connectivity index (χ1v) is 8.65. The Balaban J connectivity index is 2.18. The Kier molecular flexibility index (Phi) is 6.25. The number of rotatable bonds is 5. The van der Waals surface area contributed by atoms with E-state index in [1.54, 1.807) is 0 Å². The minimum atomic E-state index is 0.466. The number of hydrogen-bond donors (Lipinski definition) is 1. The first-order valence-electron chi connectivity index (χ1n) is 8.65. The highest BCUT2D eigenvalue weighted by atomic mass is 15.1. The highest BCUT2D eigenvalue weighted by Crippen LogP contribution is 2.25. The molecular formula is C19H32N2. The van der Waals surface area contributed by atoms with E-state index in [1.807, 2.05) is 0 Å². The summed E-state index contributed by atoms with van der Waals surface area (Å²) in [6.07, 6.45) is 5.55. The quantitative estimate of drug-likeness (QED) is 0.876. The van der Waals surface area contributed by atoms with E-state index in [0.29, 0.717) is 6.04 Å². The van der Waals surface area contributed by atoms with Gasteiger partial charge in [0, 0.05) is 12.6 Å². The zero-order valence-electron chi connectivity index (χ0n) is 14.3. The molecule has 1 aliphatic rings. The van der Waals surface area contributed by atoms with Crippen LogP contribution in [0.5, 0.6) is 0 Å². The first kappa shape index (κ1) is 16.5. The fourth-order valence-electron chi connectivity index (χ4n) is 3.82. The maximum absolute atomic E-state index is 3.73. The van der Waals surface area contributed by atoms with E-state index in [-0.39, 0.29) is 0 Å². The highest BCUT2D eigenvalue weighted by molar-refractivity contribution is 5.39. The van der Waals surface area contributed by atoms with E-state index in [0.717, 1.165) is 13.1 Å². The number of aryl methyl sites for hydroxylation is 3. The molecule has 1 saturated heterocycles. The van der Waals surface area contributed by atoms with Crippen LogP contribution in [0.3, 0.4) is 0 Å². The van der Waals surface area contributed by atoms with Crippen LogP contribution >= 0.6 is 0 Å². The molecule has 1 atom stereocenters. The fourth-order valence-corrected chi connectivity index (χ4v) is 3.82. The molecule has 118 valence electrons. The van der Waals surface area contributed by atoms with E-state index in [2.05, 4.69) is 50.0 Å². The second kappa shape index (κ2) is 7.95. The molecule has 1 fully saturated rings. The molecule has 0 radical (unpaired) electrons. The van der Waals surface area contributed by atoms with Gasteiger partial charge in [0.1, 0.15) is 0 Å². The molecule has 1 aromatic carbocycles. The zero-order chi connectivity index (χ0) is 15.2. The summed E-state index contributed by atoms with van der Waals surface area (Å²) in [6, 6.07) is 5.12. The predicted molar refractivity (Wildman–Crippen MR) is 92.0 cm³/mol. The van der Waals surface area contributed by atoms with Gasteiger partial charge in [-0.2, -0.15) is 0 Å². The average Bonchev–Trinajstić information content (AvgIpc) is 2.66. The second-order valence-corrected chi connectivity index (χ2v) is 6.64. The lowest BCUT2D eigenvalue weighted by Gasteiger charge is -2.29. The molecule has 2 heteroatoms. The Hall–Kier alpha value is -0.860. The lowest BCUT2D eigenvalue weighted by atomic mass is 9.93. The van der Waals surface area contributed by atoms with Crippen molar-refractivity contribution < 1.29 is 0 Å². The number of nitrogens with zero attached hydrogens (tertiary/aromatic N) is 1. The van der Waals surface area contributed by atoms with Gasteiger partial charge in [0.15, 0.2) is 0 Å². The lowest BCUT2D eigenvalue weighted by molar-refractivity contribution is 0.251. The van der Waals surface area contributed by atoms with Crippen molar-refractivity contribution in [1.82, 2.24) is 10.2 Å². The summed E-state index contributed by atoms with van der Waals surface area (Å²) >= 11 is 0. The van der Waals surface area contributed by atoms with Gasteiger partial charge in [-0.25, -0.2) is 0 Å². The summed E-state index contributed by atoms with van der Waals surface area (Å²) in [7, 11) is 0. The van der Waals surface area contributed by atoms with Crippen LogP contribution in [-0.4, -0.2) is 31.1 Å². The van der Waals surface area contributed by atoms with Gasteiger partial charge < -0.3 is 10.2 Å². The SMILES string of the molecule is CCNC(CN1CCCCCC1)c1c(C)cc(C)cc1C. The molecule has 1 aromatic rings. The minimum absolute atomic E-state index is 0.466. The van der Waals surface area contributed by atoms with E-state index < -0.39 is 0 Å². The molecular weight excluding hydrogens is 256 g/mol. The van der Waals surface area contributed by atoms with Crippen LogP contribution in [0, 0.1) is 20.8 Å². The predicted octanol–water partition coefficient (Wildman–Crippen LogP) is 4.14. The Bertz CT molecular complexity index is 422. The molecule has 0 spiro atoms. The minimum Gasteiger partial charge on any atom is -0.309 e. The Morgan fingerprint density at radius 1 is 1.00 bits per heavy atom. The van der Waals surface area contributed by atoms with E-state index in [4.69, 9.17) is 0 Å². The number of nitrogens with one attached hydrogen (secondary N) is 1. The van der Waals surface area contributed by atoms with Crippen LogP contribution in [0.15, 0.2) is 12.1 Å². The second-order valence-electron chi connectivity index (χ2n) is 6.64. The van der Waals surface area contributed by atoms with E-state index >= 15 is 0 Å². The van der Waals surface area contributed by atoms with Crippen LogP contribution in [0.25, 0.3) is 0 Å². The van der Waals surface area contributed by atoms with E-state index in [1.165, 1.54) is 61.0 Å². The molecule has 1 aliphatic heterocycles. The molecule has 0 aliphatic carbocycles. The van der Waals surface area contributed by atoms with Gasteiger partial charge >= 0.3 is 0 Å². The van der Waals surface area contributed by atoms with Crippen LogP contribution in [0.2, 0.25) is 0 Å². The summed E-state index contributed by atoms with van der Waals surface area (Å²) in [4.78, 5) is 2.67. The lowest BCUT2D eigenvalue weighted by Crippen LogP contribution is -2.36. The van der Waals surface area contributed by atoms with Crippen molar-refractivity contribution in [2.24, 2.45) is 0 Å². The van der Waals surface area contributed by atoms with Gasteiger partial charge in [-0.3, -0.25) is 0 Å². The van der Waals surface area contributed by atoms with Gasteiger partial charge in [-0.15, -0.1) is 0 Å². The molecule has 0 bridgehead atoms. The van der Waals surface area contributed by atoms with Crippen LogP contribution in [-0.2, 0) is 0 Å². The van der Waals surface area contributed by atoms with Crippen molar-refractivity contribution in [3.05, 3.63) is 34.4 Å². The van der Waals surface area contributed by atoms with Crippen molar-refractivity contribution in [2.75, 3.05) is 26.2 Å². The molecule has 1 heterocycles. The summed E-state index contributed by atoms with van der Waals surface area (Å²) in [6.45, 7) is 13.7.